The molecular formula is C34H49FN7O6S-. The van der Waals surface area contributed by atoms with Gasteiger partial charge in [0.1, 0.15) is 17.9 Å². The lowest BCUT2D eigenvalue weighted by Crippen LogP contribution is -2.61. The second-order valence-electron chi connectivity index (χ2n) is 14.3. The van der Waals surface area contributed by atoms with Crippen LogP contribution in [0.15, 0.2) is 30.7 Å². The Morgan fingerprint density at radius 1 is 1.10 bits per heavy atom. The molecule has 4 fully saturated rings. The van der Waals surface area contributed by atoms with E-state index in [1.165, 1.54) is 28.9 Å². The van der Waals surface area contributed by atoms with Gasteiger partial charge >= 0.3 is 0 Å². The van der Waals surface area contributed by atoms with Crippen molar-refractivity contribution in [2.45, 2.75) is 77.6 Å². The minimum absolute atomic E-state index is 0.0697. The quantitative estimate of drug-likeness (QED) is 0.320. The number of hydrazine groups is 1. The Labute approximate surface area is 291 Å². The van der Waals surface area contributed by atoms with Crippen LogP contribution in [-0.2, 0) is 20.7 Å². The summed E-state index contributed by atoms with van der Waals surface area (Å²) >= 11 is -2.34. The predicted octanol–water partition coefficient (Wildman–Crippen LogP) is 3.46. The molecule has 1 aromatic heterocycles. The molecule has 0 saturated carbocycles. The molecule has 0 aliphatic carbocycles. The molecule has 6 rings (SSSR count). The number of aromatic nitrogens is 2. The molecule has 1 spiro atoms. The lowest BCUT2D eigenvalue weighted by Gasteiger charge is -2.54. The lowest BCUT2D eigenvalue weighted by atomic mass is 9.72. The molecule has 270 valence electrons. The van der Waals surface area contributed by atoms with Gasteiger partial charge in [0, 0.05) is 61.5 Å². The van der Waals surface area contributed by atoms with E-state index in [1.807, 2.05) is 32.7 Å². The van der Waals surface area contributed by atoms with E-state index in [2.05, 4.69) is 19.8 Å². The van der Waals surface area contributed by atoms with Crippen LogP contribution in [0.5, 0.6) is 11.5 Å². The Balaban J connectivity index is 1.02. The van der Waals surface area contributed by atoms with Crippen molar-refractivity contribution in [3.8, 4) is 11.5 Å². The average Bonchev–Trinajstić information content (AvgIpc) is 3.06. The Bertz CT molecular complexity index is 1450. The van der Waals surface area contributed by atoms with Crippen LogP contribution in [0, 0.1) is 11.2 Å². The number of hydrogen-bond acceptors (Lipinski definition) is 11. The standard InChI is InChI=1S/C34H50FN7O6S/c1-24(2)41(25(3)4)33(43)29-17-26(35)5-8-30(29)48-31-18-36-23-37-32(31)39-21-34(22-39)9-11-38(12-10-34)19-28-7-6-27(20-47-28)42(49(44)45)40-13-15-46-16-14-40/h5,8,17-18,23-25,27-28H,6-7,9-16,19-22H2,1-4H3,(H,44,45)/p-1/t27-,28+/m1/s1. The fraction of sp³-hybridized carbons (Fsp3) is 0.676. The number of anilines is 1. The van der Waals surface area contributed by atoms with Gasteiger partial charge in [-0.2, -0.15) is 4.41 Å². The maximum Gasteiger partial charge on any atom is 0.258 e. The largest absolute Gasteiger partial charge is 0.759 e. The van der Waals surface area contributed by atoms with Gasteiger partial charge in [0.05, 0.1) is 43.7 Å². The number of halogens is 1. The molecule has 49 heavy (non-hydrogen) atoms. The van der Waals surface area contributed by atoms with E-state index in [1.54, 1.807) is 11.1 Å². The van der Waals surface area contributed by atoms with Gasteiger partial charge in [-0.1, -0.05) is 0 Å². The minimum Gasteiger partial charge on any atom is -0.759 e. The van der Waals surface area contributed by atoms with Gasteiger partial charge < -0.3 is 33.5 Å². The molecule has 1 unspecified atom stereocenters. The summed E-state index contributed by atoms with van der Waals surface area (Å²) in [6, 6.07) is 3.70. The number of carbonyl (C=O) groups is 1. The summed E-state index contributed by atoms with van der Waals surface area (Å²) in [5.74, 6) is 0.557. The normalized spacial score (nSPS) is 24.0. The molecule has 13 nitrogen and oxygen atoms in total. The molecule has 1 aromatic carbocycles. The van der Waals surface area contributed by atoms with E-state index in [0.29, 0.717) is 44.5 Å². The Morgan fingerprint density at radius 2 is 1.82 bits per heavy atom. The molecule has 2 aromatic rings. The molecule has 0 bridgehead atoms. The third kappa shape index (κ3) is 8.24. The van der Waals surface area contributed by atoms with E-state index in [9.17, 15) is 17.9 Å². The molecule has 4 aliphatic rings. The molecule has 1 amide bonds. The fourth-order valence-corrected chi connectivity index (χ4v) is 8.50. The zero-order valence-electron chi connectivity index (χ0n) is 29.0. The molecular weight excluding hydrogens is 653 g/mol. The molecule has 5 heterocycles. The number of likely N-dealkylation sites (tertiary alicyclic amines) is 1. The van der Waals surface area contributed by atoms with Crippen molar-refractivity contribution in [2.75, 3.05) is 70.5 Å². The number of piperidine rings is 1. The van der Waals surface area contributed by atoms with Crippen LogP contribution < -0.4 is 9.64 Å². The monoisotopic (exact) mass is 702 g/mol. The van der Waals surface area contributed by atoms with Gasteiger partial charge in [-0.3, -0.25) is 9.00 Å². The number of nitrogens with zero attached hydrogens (tertiary/aromatic N) is 7. The van der Waals surface area contributed by atoms with Crippen molar-refractivity contribution >= 4 is 23.0 Å². The number of amides is 1. The summed E-state index contributed by atoms with van der Waals surface area (Å²) in [7, 11) is 0. The van der Waals surface area contributed by atoms with E-state index >= 15 is 0 Å². The molecule has 15 heteroatoms. The first kappa shape index (κ1) is 36.0. The average molecular weight is 703 g/mol. The Morgan fingerprint density at radius 3 is 2.45 bits per heavy atom. The van der Waals surface area contributed by atoms with Crippen LogP contribution in [0.4, 0.5) is 10.2 Å². The SMILES string of the molecule is CC(C)N(C(=O)c1cc(F)ccc1Oc1cncnc1N1CC2(CCN(C[C@@H]3CC[C@@H](N(N4CCOCC4)S(=O)[O-])CO3)CC2)C1)C(C)C. The lowest BCUT2D eigenvalue weighted by molar-refractivity contribution is -0.106. The van der Waals surface area contributed by atoms with Crippen LogP contribution in [0.1, 0.15) is 63.7 Å². The van der Waals surface area contributed by atoms with Gasteiger partial charge in [0.25, 0.3) is 5.91 Å². The first-order chi connectivity index (χ1) is 23.5. The van der Waals surface area contributed by atoms with Crippen molar-refractivity contribution in [3.05, 3.63) is 42.1 Å². The Hall–Kier alpha value is -2.79. The second kappa shape index (κ2) is 15.6. The number of hydrogen-bond donors (Lipinski definition) is 0. The zero-order chi connectivity index (χ0) is 34.7. The second-order valence-corrected chi connectivity index (χ2v) is 15.1. The summed E-state index contributed by atoms with van der Waals surface area (Å²) in [6.07, 6.45) is 6.88. The van der Waals surface area contributed by atoms with Crippen molar-refractivity contribution in [1.82, 2.24) is 29.2 Å². The number of morpholine rings is 1. The van der Waals surface area contributed by atoms with Crippen molar-refractivity contribution in [1.29, 1.82) is 0 Å². The number of rotatable bonds is 11. The Kier molecular flexibility index (Phi) is 11.5. The van der Waals surface area contributed by atoms with E-state index in [0.717, 1.165) is 58.4 Å². The summed E-state index contributed by atoms with van der Waals surface area (Å²) in [6.45, 7) is 14.8. The van der Waals surface area contributed by atoms with Crippen molar-refractivity contribution in [2.24, 2.45) is 5.41 Å². The maximum absolute atomic E-state index is 14.4. The van der Waals surface area contributed by atoms with Gasteiger partial charge in [-0.05, 0) is 84.7 Å². The van der Waals surface area contributed by atoms with E-state index in [-0.39, 0.29) is 46.9 Å². The first-order valence-corrected chi connectivity index (χ1v) is 18.5. The van der Waals surface area contributed by atoms with Crippen molar-refractivity contribution < 1.29 is 32.2 Å². The van der Waals surface area contributed by atoms with Gasteiger partial charge in [-0.15, -0.1) is 0 Å². The van der Waals surface area contributed by atoms with Crippen LogP contribution in [0.2, 0.25) is 0 Å². The highest BCUT2D eigenvalue weighted by molar-refractivity contribution is 7.76. The summed E-state index contributed by atoms with van der Waals surface area (Å²) in [5.41, 5.74) is 0.344. The summed E-state index contributed by atoms with van der Waals surface area (Å²) in [5, 5.41) is 1.86. The molecule has 0 N–H and O–H groups in total. The number of benzene rings is 1. The first-order valence-electron chi connectivity index (χ1n) is 17.4. The highest BCUT2D eigenvalue weighted by atomic mass is 32.2. The van der Waals surface area contributed by atoms with Crippen molar-refractivity contribution in [3.63, 3.8) is 0 Å². The molecule has 0 radical (unpaired) electrons. The van der Waals surface area contributed by atoms with E-state index in [4.69, 9.17) is 14.2 Å². The molecule has 4 aliphatic heterocycles. The highest BCUT2D eigenvalue weighted by Crippen LogP contribution is 2.45. The predicted molar refractivity (Wildman–Crippen MR) is 181 cm³/mol. The summed E-state index contributed by atoms with van der Waals surface area (Å²) in [4.78, 5) is 28.7. The van der Waals surface area contributed by atoms with E-state index < -0.39 is 17.1 Å². The third-order valence-electron chi connectivity index (χ3n) is 10.2. The van der Waals surface area contributed by atoms with Gasteiger partial charge in [-0.25, -0.2) is 19.4 Å². The van der Waals surface area contributed by atoms with Crippen LogP contribution in [0.25, 0.3) is 0 Å². The van der Waals surface area contributed by atoms with Crippen LogP contribution in [0.3, 0.4) is 0 Å². The number of ether oxygens (including phenoxy) is 3. The highest BCUT2D eigenvalue weighted by Gasteiger charge is 2.46. The topological polar surface area (TPSA) is 127 Å². The van der Waals surface area contributed by atoms with Gasteiger partial charge in [0.15, 0.2) is 11.6 Å². The number of carbonyl (C=O) groups excluding carboxylic acids is 1. The molecule has 4 saturated heterocycles. The zero-order valence-corrected chi connectivity index (χ0v) is 29.8. The van der Waals surface area contributed by atoms with Gasteiger partial charge in [0.2, 0.25) is 0 Å². The molecule has 3 atom stereocenters. The fourth-order valence-electron chi connectivity index (χ4n) is 7.74. The minimum atomic E-state index is -2.34. The smallest absolute Gasteiger partial charge is 0.258 e. The third-order valence-corrected chi connectivity index (χ3v) is 11.0. The van der Waals surface area contributed by atoms with Crippen LogP contribution >= 0.6 is 0 Å². The van der Waals surface area contributed by atoms with Crippen LogP contribution in [-0.4, -0.2) is 134 Å². The maximum atomic E-state index is 14.4. The summed E-state index contributed by atoms with van der Waals surface area (Å²) < 4.78 is 57.8.